The fraction of sp³-hybridized carbons (Fsp3) is 0.222. The summed E-state index contributed by atoms with van der Waals surface area (Å²) in [6.07, 6.45) is 0. The third-order valence-electron chi connectivity index (χ3n) is 3.17. The molecule has 0 aliphatic heterocycles. The molecule has 0 aromatic heterocycles. The minimum Gasteiger partial charge on any atom is -0.507 e. The summed E-state index contributed by atoms with van der Waals surface area (Å²) in [5.74, 6) is -1.59. The van der Waals surface area contributed by atoms with Crippen LogP contribution in [0.3, 0.4) is 0 Å². The number of carbonyl (C=O) groups is 2. The summed E-state index contributed by atoms with van der Waals surface area (Å²) in [4.78, 5) is 23.4. The molecule has 0 aliphatic rings. The van der Waals surface area contributed by atoms with E-state index in [2.05, 4.69) is 0 Å². The Balaban J connectivity index is 1.60. The van der Waals surface area contributed by atoms with Crippen LogP contribution in [0.4, 0.5) is 0 Å². The van der Waals surface area contributed by atoms with Crippen molar-refractivity contribution in [2.75, 3.05) is 26.4 Å². The third kappa shape index (κ3) is 5.50. The molecule has 7 nitrogen and oxygen atoms in total. The molecule has 7 heteroatoms. The van der Waals surface area contributed by atoms with Gasteiger partial charge in [-0.2, -0.15) is 0 Å². The highest BCUT2D eigenvalue weighted by atomic mass is 16.6. The van der Waals surface area contributed by atoms with E-state index >= 15 is 0 Å². The number of carbonyl (C=O) groups excluding carboxylic acids is 2. The van der Waals surface area contributed by atoms with Crippen molar-refractivity contribution < 1.29 is 34.0 Å². The molecule has 0 spiro atoms. The highest BCUT2D eigenvalue weighted by molar-refractivity contribution is 5.92. The van der Waals surface area contributed by atoms with Gasteiger partial charge in [0.2, 0.25) is 0 Å². The van der Waals surface area contributed by atoms with Crippen LogP contribution in [0, 0.1) is 0 Å². The summed E-state index contributed by atoms with van der Waals surface area (Å²) in [6, 6.07) is 12.1. The van der Waals surface area contributed by atoms with E-state index in [1.165, 1.54) is 24.3 Å². The van der Waals surface area contributed by atoms with E-state index in [1.54, 1.807) is 24.3 Å². The van der Waals surface area contributed by atoms with Gasteiger partial charge in [0.1, 0.15) is 35.8 Å². The maximum Gasteiger partial charge on any atom is 0.341 e. The summed E-state index contributed by atoms with van der Waals surface area (Å²) in [5, 5.41) is 19.0. The van der Waals surface area contributed by atoms with Crippen molar-refractivity contribution in [2.24, 2.45) is 0 Å². The molecule has 0 saturated carbocycles. The standard InChI is InChI=1S/C18H18O7/c19-15-7-3-1-5-13(15)17(21)24-11-9-23-10-12-25-18(22)14-6-2-4-8-16(14)20/h1-8,19-20H,9-12H2. The Labute approximate surface area is 144 Å². The van der Waals surface area contributed by atoms with Gasteiger partial charge in [-0.3, -0.25) is 0 Å². The Bertz CT molecular complexity index is 665. The lowest BCUT2D eigenvalue weighted by molar-refractivity contribution is 0.0149. The van der Waals surface area contributed by atoms with Crippen LogP contribution < -0.4 is 0 Å². The summed E-state index contributed by atoms with van der Waals surface area (Å²) >= 11 is 0. The van der Waals surface area contributed by atoms with Crippen LogP contribution in [0.15, 0.2) is 48.5 Å². The molecule has 25 heavy (non-hydrogen) atoms. The number of hydrogen-bond acceptors (Lipinski definition) is 7. The molecule has 2 N–H and O–H groups in total. The van der Waals surface area contributed by atoms with Crippen LogP contribution in [0.5, 0.6) is 11.5 Å². The second-order valence-corrected chi connectivity index (χ2v) is 4.92. The number of phenols is 2. The van der Waals surface area contributed by atoms with Gasteiger partial charge < -0.3 is 24.4 Å². The molecule has 0 atom stereocenters. The van der Waals surface area contributed by atoms with Crippen molar-refractivity contribution >= 4 is 11.9 Å². The van der Waals surface area contributed by atoms with Gasteiger partial charge in [-0.25, -0.2) is 9.59 Å². The van der Waals surface area contributed by atoms with E-state index in [9.17, 15) is 19.8 Å². The average Bonchev–Trinajstić information content (AvgIpc) is 2.61. The molecule has 0 bridgehead atoms. The number of rotatable bonds is 8. The van der Waals surface area contributed by atoms with Gasteiger partial charge in [-0.1, -0.05) is 24.3 Å². The molecule has 2 rings (SSSR count). The lowest BCUT2D eigenvalue weighted by atomic mass is 10.2. The zero-order valence-corrected chi connectivity index (χ0v) is 13.4. The van der Waals surface area contributed by atoms with Gasteiger partial charge in [0.15, 0.2) is 0 Å². The molecule has 0 aliphatic carbocycles. The number of benzene rings is 2. The van der Waals surface area contributed by atoms with Gasteiger partial charge in [-0.15, -0.1) is 0 Å². The first kappa shape index (κ1) is 18.3. The molecule has 132 valence electrons. The first-order chi connectivity index (χ1) is 12.1. The Morgan fingerprint density at radius 3 is 1.48 bits per heavy atom. The number of aromatic hydroxyl groups is 2. The molecule has 2 aromatic carbocycles. The molecular formula is C18H18O7. The fourth-order valence-corrected chi connectivity index (χ4v) is 1.94. The quantitative estimate of drug-likeness (QED) is 0.557. The van der Waals surface area contributed by atoms with Gasteiger partial charge in [0.05, 0.1) is 13.2 Å². The number of hydrogen-bond donors (Lipinski definition) is 2. The second kappa shape index (κ2) is 9.29. The maximum absolute atomic E-state index is 11.7. The van der Waals surface area contributed by atoms with Crippen LogP contribution >= 0.6 is 0 Å². The normalized spacial score (nSPS) is 10.2. The van der Waals surface area contributed by atoms with Crippen molar-refractivity contribution in [3.63, 3.8) is 0 Å². The van der Waals surface area contributed by atoms with Crippen molar-refractivity contribution in [1.29, 1.82) is 0 Å². The van der Waals surface area contributed by atoms with Gasteiger partial charge >= 0.3 is 11.9 Å². The summed E-state index contributed by atoms with van der Waals surface area (Å²) < 4.78 is 15.1. The maximum atomic E-state index is 11.7. The molecule has 0 saturated heterocycles. The summed E-state index contributed by atoms with van der Waals surface area (Å²) in [5.41, 5.74) is 0.165. The Morgan fingerprint density at radius 2 is 1.08 bits per heavy atom. The van der Waals surface area contributed by atoms with E-state index in [-0.39, 0.29) is 49.1 Å². The van der Waals surface area contributed by atoms with Crippen molar-refractivity contribution in [3.8, 4) is 11.5 Å². The summed E-state index contributed by atoms with van der Waals surface area (Å²) in [7, 11) is 0. The third-order valence-corrected chi connectivity index (χ3v) is 3.17. The highest BCUT2D eigenvalue weighted by Crippen LogP contribution is 2.17. The molecule has 0 fully saturated rings. The van der Waals surface area contributed by atoms with Gasteiger partial charge in [0.25, 0.3) is 0 Å². The molecular weight excluding hydrogens is 328 g/mol. The van der Waals surface area contributed by atoms with E-state index in [4.69, 9.17) is 14.2 Å². The smallest absolute Gasteiger partial charge is 0.341 e. The Kier molecular flexibility index (Phi) is 6.79. The minimum atomic E-state index is -0.646. The van der Waals surface area contributed by atoms with E-state index in [0.29, 0.717) is 0 Å². The zero-order chi connectivity index (χ0) is 18.1. The predicted molar refractivity (Wildman–Crippen MR) is 87.6 cm³/mol. The van der Waals surface area contributed by atoms with Crippen LogP contribution in [-0.4, -0.2) is 48.6 Å². The number of phenolic OH excluding ortho intramolecular Hbond substituents is 2. The largest absolute Gasteiger partial charge is 0.507 e. The number of ether oxygens (including phenoxy) is 3. The molecule has 0 heterocycles. The van der Waals surface area contributed by atoms with E-state index in [0.717, 1.165) is 0 Å². The average molecular weight is 346 g/mol. The molecule has 2 aromatic rings. The zero-order valence-electron chi connectivity index (χ0n) is 13.4. The number of esters is 2. The second-order valence-electron chi connectivity index (χ2n) is 4.92. The highest BCUT2D eigenvalue weighted by Gasteiger charge is 2.12. The first-order valence-corrected chi connectivity index (χ1v) is 7.57. The lowest BCUT2D eigenvalue weighted by Gasteiger charge is -2.08. The van der Waals surface area contributed by atoms with Crippen molar-refractivity contribution in [3.05, 3.63) is 59.7 Å². The summed E-state index contributed by atoms with van der Waals surface area (Å²) in [6.45, 7) is 0.238. The molecule has 0 unspecified atom stereocenters. The van der Waals surface area contributed by atoms with Crippen molar-refractivity contribution in [2.45, 2.75) is 0 Å². The van der Waals surface area contributed by atoms with Crippen LogP contribution in [0.25, 0.3) is 0 Å². The lowest BCUT2D eigenvalue weighted by Crippen LogP contribution is -2.15. The van der Waals surface area contributed by atoms with Gasteiger partial charge in [0, 0.05) is 0 Å². The van der Waals surface area contributed by atoms with Crippen LogP contribution in [-0.2, 0) is 14.2 Å². The van der Waals surface area contributed by atoms with E-state index in [1.807, 2.05) is 0 Å². The molecule has 0 radical (unpaired) electrons. The van der Waals surface area contributed by atoms with Crippen molar-refractivity contribution in [1.82, 2.24) is 0 Å². The topological polar surface area (TPSA) is 102 Å². The Morgan fingerprint density at radius 1 is 0.680 bits per heavy atom. The Hall–Kier alpha value is -3.06. The first-order valence-electron chi connectivity index (χ1n) is 7.57. The van der Waals surface area contributed by atoms with Crippen LogP contribution in [0.1, 0.15) is 20.7 Å². The molecule has 0 amide bonds. The fourth-order valence-electron chi connectivity index (χ4n) is 1.94. The number of para-hydroxylation sites is 2. The van der Waals surface area contributed by atoms with E-state index < -0.39 is 11.9 Å². The predicted octanol–water partition coefficient (Wildman–Crippen LogP) is 2.13. The minimum absolute atomic E-state index is 0.000583. The monoisotopic (exact) mass is 346 g/mol. The van der Waals surface area contributed by atoms with Gasteiger partial charge in [-0.05, 0) is 24.3 Å². The van der Waals surface area contributed by atoms with Crippen LogP contribution in [0.2, 0.25) is 0 Å². The SMILES string of the molecule is O=C(OCCOCCOC(=O)c1ccccc1O)c1ccccc1O.